The van der Waals surface area contributed by atoms with Gasteiger partial charge in [0.05, 0.1) is 10.2 Å². The lowest BCUT2D eigenvalue weighted by Gasteiger charge is -1.94. The molecule has 0 fully saturated rings. The number of carbonyl (C=O) groups is 1. The maximum atomic E-state index is 10.8. The van der Waals surface area contributed by atoms with Crippen molar-refractivity contribution in [3.05, 3.63) is 33.9 Å². The van der Waals surface area contributed by atoms with E-state index in [-0.39, 0.29) is 0 Å². The van der Waals surface area contributed by atoms with Crippen LogP contribution in [0.3, 0.4) is 0 Å². The number of aldehydes is 1. The molecular weight excluding hydrogens is 230 g/mol. The molecule has 0 aliphatic carbocycles. The third kappa shape index (κ3) is 1.20. The summed E-state index contributed by atoms with van der Waals surface area (Å²) in [6.45, 7) is 2.00. The van der Waals surface area contributed by atoms with E-state index in [4.69, 9.17) is 0 Å². The van der Waals surface area contributed by atoms with Crippen molar-refractivity contribution in [3.8, 4) is 0 Å². The molecular formula is C10H8BrNO. The molecule has 0 unspecified atom stereocenters. The first kappa shape index (κ1) is 8.51. The number of aromatic nitrogens is 1. The van der Waals surface area contributed by atoms with Crippen molar-refractivity contribution < 1.29 is 4.79 Å². The first-order valence-electron chi connectivity index (χ1n) is 3.96. The summed E-state index contributed by atoms with van der Waals surface area (Å²) in [6.07, 6.45) is 0.871. The molecule has 3 heteroatoms. The van der Waals surface area contributed by atoms with Gasteiger partial charge in [-0.15, -0.1) is 0 Å². The molecule has 0 aliphatic rings. The summed E-state index contributed by atoms with van der Waals surface area (Å²) in [7, 11) is 0. The van der Waals surface area contributed by atoms with E-state index < -0.39 is 0 Å². The topological polar surface area (TPSA) is 32.9 Å². The van der Waals surface area contributed by atoms with Crippen LogP contribution in [-0.2, 0) is 0 Å². The molecule has 0 amide bonds. The maximum Gasteiger partial charge on any atom is 0.153 e. The first-order chi connectivity index (χ1) is 6.24. The van der Waals surface area contributed by atoms with Crippen LogP contribution in [0.5, 0.6) is 0 Å². The number of H-pyrrole nitrogens is 1. The molecule has 0 saturated carbocycles. The van der Waals surface area contributed by atoms with Crippen LogP contribution in [-0.4, -0.2) is 11.3 Å². The Kier molecular flexibility index (Phi) is 1.96. The first-order valence-corrected chi connectivity index (χ1v) is 4.75. The lowest BCUT2D eigenvalue weighted by molar-refractivity contribution is 0.112. The van der Waals surface area contributed by atoms with Gasteiger partial charge in [0.25, 0.3) is 0 Å². The van der Waals surface area contributed by atoms with E-state index in [1.807, 2.05) is 25.1 Å². The molecule has 1 aromatic heterocycles. The van der Waals surface area contributed by atoms with Gasteiger partial charge in [0.1, 0.15) is 0 Å². The van der Waals surface area contributed by atoms with Gasteiger partial charge < -0.3 is 4.98 Å². The highest BCUT2D eigenvalue weighted by atomic mass is 79.9. The molecule has 0 atom stereocenters. The highest BCUT2D eigenvalue weighted by Gasteiger charge is 2.09. The number of halogens is 1. The van der Waals surface area contributed by atoms with E-state index in [2.05, 4.69) is 20.9 Å². The number of carbonyl (C=O) groups excluding carboxylic acids is 1. The Bertz CT molecular complexity index is 473. The van der Waals surface area contributed by atoms with Gasteiger partial charge >= 0.3 is 0 Å². The van der Waals surface area contributed by atoms with E-state index >= 15 is 0 Å². The largest absolute Gasteiger partial charge is 0.349 e. The summed E-state index contributed by atoms with van der Waals surface area (Å²) in [4.78, 5) is 13.9. The lowest BCUT2D eigenvalue weighted by Crippen LogP contribution is -1.80. The summed E-state index contributed by atoms with van der Waals surface area (Å²) < 4.78 is 0.756. The predicted octanol–water partition coefficient (Wildman–Crippen LogP) is 3.05. The fourth-order valence-electron chi connectivity index (χ4n) is 1.54. The van der Waals surface area contributed by atoms with Crippen LogP contribution in [0.4, 0.5) is 0 Å². The van der Waals surface area contributed by atoms with Crippen molar-refractivity contribution in [1.82, 2.24) is 4.98 Å². The van der Waals surface area contributed by atoms with Gasteiger partial charge in [-0.3, -0.25) is 4.79 Å². The number of aromatic amines is 1. The van der Waals surface area contributed by atoms with Crippen molar-refractivity contribution in [2.24, 2.45) is 0 Å². The monoisotopic (exact) mass is 237 g/mol. The van der Waals surface area contributed by atoms with E-state index in [0.717, 1.165) is 27.4 Å². The normalized spacial score (nSPS) is 10.6. The van der Waals surface area contributed by atoms with Gasteiger partial charge in [-0.1, -0.05) is 12.1 Å². The number of hydrogen-bond acceptors (Lipinski definition) is 1. The van der Waals surface area contributed by atoms with Crippen LogP contribution in [0.15, 0.2) is 22.8 Å². The minimum absolute atomic E-state index is 0.702. The zero-order valence-corrected chi connectivity index (χ0v) is 8.68. The Balaban J connectivity index is 2.96. The molecule has 2 rings (SSSR count). The second-order valence-electron chi connectivity index (χ2n) is 2.97. The highest BCUT2D eigenvalue weighted by molar-refractivity contribution is 9.10. The fourth-order valence-corrected chi connectivity index (χ4v) is 2.04. The highest BCUT2D eigenvalue weighted by Crippen LogP contribution is 2.27. The Hall–Kier alpha value is -1.09. The molecule has 2 nitrogen and oxygen atoms in total. The summed E-state index contributed by atoms with van der Waals surface area (Å²) in [5.41, 5.74) is 2.81. The Morgan fingerprint density at radius 2 is 2.23 bits per heavy atom. The van der Waals surface area contributed by atoms with Gasteiger partial charge in [-0.25, -0.2) is 0 Å². The molecule has 1 aromatic carbocycles. The number of benzene rings is 1. The van der Waals surface area contributed by atoms with Crippen molar-refractivity contribution in [2.75, 3.05) is 0 Å². The second kappa shape index (κ2) is 3.00. The molecule has 0 aliphatic heterocycles. The molecule has 1 heterocycles. The quantitative estimate of drug-likeness (QED) is 0.761. The van der Waals surface area contributed by atoms with Crippen molar-refractivity contribution in [2.45, 2.75) is 6.92 Å². The average molecular weight is 238 g/mol. The molecule has 0 bridgehead atoms. The molecule has 1 N–H and O–H groups in total. The summed E-state index contributed by atoms with van der Waals surface area (Å²) in [5, 5.41) is 1.00. The fraction of sp³-hybridized carbons (Fsp3) is 0.100. The van der Waals surface area contributed by atoms with E-state index in [9.17, 15) is 4.79 Å². The van der Waals surface area contributed by atoms with Crippen LogP contribution in [0.1, 0.15) is 15.9 Å². The van der Waals surface area contributed by atoms with Crippen LogP contribution in [0.2, 0.25) is 0 Å². The average Bonchev–Trinajstić information content (AvgIpc) is 2.42. The Morgan fingerprint density at radius 1 is 1.46 bits per heavy atom. The zero-order chi connectivity index (χ0) is 9.42. The van der Waals surface area contributed by atoms with Crippen LogP contribution in [0.25, 0.3) is 10.9 Å². The Labute approximate surface area is 84.1 Å². The number of fused-ring (bicyclic) bond motifs is 1. The van der Waals surface area contributed by atoms with Crippen molar-refractivity contribution >= 4 is 33.1 Å². The van der Waals surface area contributed by atoms with Gasteiger partial charge in [0.2, 0.25) is 0 Å². The van der Waals surface area contributed by atoms with E-state index in [0.29, 0.717) is 5.56 Å². The molecule has 0 saturated heterocycles. The molecule has 0 radical (unpaired) electrons. The summed E-state index contributed by atoms with van der Waals surface area (Å²) in [5.74, 6) is 0. The van der Waals surface area contributed by atoms with E-state index in [1.54, 1.807) is 0 Å². The van der Waals surface area contributed by atoms with Gasteiger partial charge in [-0.2, -0.15) is 0 Å². The number of rotatable bonds is 1. The maximum absolute atomic E-state index is 10.8. The SMILES string of the molecule is Cc1cccc2[nH]c(Br)c(C=O)c12. The second-order valence-corrected chi connectivity index (χ2v) is 3.76. The van der Waals surface area contributed by atoms with E-state index in [1.165, 1.54) is 0 Å². The molecule has 2 aromatic rings. The standard InChI is InChI=1S/C10H8BrNO/c1-6-3-2-4-8-9(6)7(5-13)10(11)12-8/h2-5,12H,1H3. The number of nitrogens with one attached hydrogen (secondary N) is 1. The van der Waals surface area contributed by atoms with Gasteiger partial charge in [0.15, 0.2) is 6.29 Å². The van der Waals surface area contributed by atoms with Crippen LogP contribution >= 0.6 is 15.9 Å². The number of aryl methyl sites for hydroxylation is 1. The lowest BCUT2D eigenvalue weighted by atomic mass is 10.1. The van der Waals surface area contributed by atoms with Crippen LogP contribution < -0.4 is 0 Å². The summed E-state index contributed by atoms with van der Waals surface area (Å²) in [6, 6.07) is 5.92. The van der Waals surface area contributed by atoms with Crippen molar-refractivity contribution in [3.63, 3.8) is 0 Å². The third-order valence-electron chi connectivity index (χ3n) is 2.14. The minimum atomic E-state index is 0.702. The van der Waals surface area contributed by atoms with Crippen molar-refractivity contribution in [1.29, 1.82) is 0 Å². The van der Waals surface area contributed by atoms with Gasteiger partial charge in [-0.05, 0) is 34.5 Å². The molecule has 66 valence electrons. The van der Waals surface area contributed by atoms with Crippen LogP contribution in [0, 0.1) is 6.92 Å². The molecule has 13 heavy (non-hydrogen) atoms. The minimum Gasteiger partial charge on any atom is -0.349 e. The summed E-state index contributed by atoms with van der Waals surface area (Å²) >= 11 is 3.32. The zero-order valence-electron chi connectivity index (χ0n) is 7.10. The predicted molar refractivity (Wildman–Crippen MR) is 56.1 cm³/mol. The molecule has 0 spiro atoms. The smallest absolute Gasteiger partial charge is 0.153 e. The van der Waals surface area contributed by atoms with Gasteiger partial charge in [0, 0.05) is 10.9 Å². The Morgan fingerprint density at radius 3 is 2.92 bits per heavy atom. The third-order valence-corrected chi connectivity index (χ3v) is 2.77. The number of hydrogen-bond donors (Lipinski definition) is 1.